The lowest BCUT2D eigenvalue weighted by Crippen LogP contribution is -2.29. The second kappa shape index (κ2) is 8.82. The molecule has 0 aliphatic carbocycles. The number of benzene rings is 2. The van der Waals surface area contributed by atoms with Crippen molar-refractivity contribution in [3.05, 3.63) is 59.8 Å². The summed E-state index contributed by atoms with van der Waals surface area (Å²) in [7, 11) is 3.32. The maximum absolute atomic E-state index is 13.2. The van der Waals surface area contributed by atoms with Crippen LogP contribution in [0.15, 0.2) is 48.7 Å². The van der Waals surface area contributed by atoms with E-state index in [0.29, 0.717) is 6.42 Å². The fraction of sp³-hybridized carbons (Fsp3) is 0.400. The molecule has 30 heavy (non-hydrogen) atoms. The molecule has 0 N–H and O–H groups in total. The number of ether oxygens (including phenoxy) is 2. The average molecular weight is 407 g/mol. The Balaban J connectivity index is 1.83. The van der Waals surface area contributed by atoms with E-state index < -0.39 is 0 Å². The number of hydrogen-bond acceptors (Lipinski definition) is 3. The molecule has 1 unspecified atom stereocenters. The minimum absolute atomic E-state index is 0.0696. The van der Waals surface area contributed by atoms with Crippen molar-refractivity contribution < 1.29 is 14.3 Å². The Kier molecular flexibility index (Phi) is 5.98. The fourth-order valence-electron chi connectivity index (χ4n) is 4.52. The van der Waals surface area contributed by atoms with E-state index >= 15 is 0 Å². The average Bonchev–Trinajstić information content (AvgIpc) is 3.45. The zero-order chi connectivity index (χ0) is 21.1. The summed E-state index contributed by atoms with van der Waals surface area (Å²) in [5, 5.41) is 1.19. The van der Waals surface area contributed by atoms with Gasteiger partial charge >= 0.3 is 0 Å². The van der Waals surface area contributed by atoms with Gasteiger partial charge in [0.1, 0.15) is 11.5 Å². The van der Waals surface area contributed by atoms with Crippen molar-refractivity contribution in [1.82, 2.24) is 9.47 Å². The lowest BCUT2D eigenvalue weighted by molar-refractivity contribution is -0.130. The van der Waals surface area contributed by atoms with Crippen LogP contribution in [0.4, 0.5) is 0 Å². The smallest absolute Gasteiger partial charge is 0.223 e. The number of carbonyl (C=O) groups is 1. The van der Waals surface area contributed by atoms with E-state index in [4.69, 9.17) is 9.47 Å². The topological polar surface area (TPSA) is 43.7 Å². The van der Waals surface area contributed by atoms with Crippen LogP contribution in [0.25, 0.3) is 10.9 Å². The third-order valence-electron chi connectivity index (χ3n) is 6.15. The highest BCUT2D eigenvalue weighted by molar-refractivity contribution is 5.87. The Hall–Kier alpha value is -2.95. The zero-order valence-electron chi connectivity index (χ0n) is 18.1. The molecule has 0 spiro atoms. The Morgan fingerprint density at radius 2 is 1.70 bits per heavy atom. The number of likely N-dealkylation sites (tertiary alicyclic amines) is 1. The van der Waals surface area contributed by atoms with Gasteiger partial charge in [0.15, 0.2) is 0 Å². The standard InChI is InChI=1S/C25H30N2O3/c1-4-26-17-23(21-9-5-6-10-24(21)26)22(16-25(28)27-11-7-8-12-27)18-13-19(29-2)15-20(14-18)30-3/h5-6,9-10,13-15,17,22H,4,7-8,11-12,16H2,1-3H3. The van der Waals surface area contributed by atoms with Crippen LogP contribution in [0.3, 0.4) is 0 Å². The van der Waals surface area contributed by atoms with Gasteiger partial charge in [-0.15, -0.1) is 0 Å². The van der Waals surface area contributed by atoms with Gasteiger partial charge in [0.2, 0.25) is 5.91 Å². The number of fused-ring (bicyclic) bond motifs is 1. The van der Waals surface area contributed by atoms with Crippen LogP contribution >= 0.6 is 0 Å². The molecule has 5 nitrogen and oxygen atoms in total. The number of para-hydroxylation sites is 1. The summed E-state index contributed by atoms with van der Waals surface area (Å²) < 4.78 is 13.3. The SMILES string of the molecule is CCn1cc(C(CC(=O)N2CCCC2)c2cc(OC)cc(OC)c2)c2ccccc21. The van der Waals surface area contributed by atoms with E-state index in [1.54, 1.807) is 14.2 Å². The van der Waals surface area contributed by atoms with Crippen LogP contribution in [-0.2, 0) is 11.3 Å². The van der Waals surface area contributed by atoms with Gasteiger partial charge < -0.3 is 18.9 Å². The number of aryl methyl sites for hydroxylation is 1. The van der Waals surface area contributed by atoms with Crippen molar-refractivity contribution in [2.24, 2.45) is 0 Å². The van der Waals surface area contributed by atoms with Crippen LogP contribution < -0.4 is 9.47 Å². The molecular weight excluding hydrogens is 376 g/mol. The lowest BCUT2D eigenvalue weighted by Gasteiger charge is -2.22. The lowest BCUT2D eigenvalue weighted by atomic mass is 9.87. The third-order valence-corrected chi connectivity index (χ3v) is 6.15. The number of hydrogen-bond donors (Lipinski definition) is 0. The second-order valence-corrected chi connectivity index (χ2v) is 7.88. The Morgan fingerprint density at radius 3 is 2.33 bits per heavy atom. The monoisotopic (exact) mass is 406 g/mol. The zero-order valence-corrected chi connectivity index (χ0v) is 18.1. The largest absolute Gasteiger partial charge is 0.497 e. The highest BCUT2D eigenvalue weighted by atomic mass is 16.5. The Labute approximate surface area is 178 Å². The van der Waals surface area contributed by atoms with Gasteiger partial charge in [0, 0.05) is 55.1 Å². The van der Waals surface area contributed by atoms with Crippen molar-refractivity contribution in [3.63, 3.8) is 0 Å². The highest BCUT2D eigenvalue weighted by Gasteiger charge is 2.27. The minimum atomic E-state index is -0.0696. The van der Waals surface area contributed by atoms with Crippen molar-refractivity contribution in [1.29, 1.82) is 0 Å². The summed E-state index contributed by atoms with van der Waals surface area (Å²) in [6.07, 6.45) is 4.84. The molecule has 1 amide bonds. The first-order valence-corrected chi connectivity index (χ1v) is 10.7. The number of carbonyl (C=O) groups excluding carboxylic acids is 1. The molecule has 1 fully saturated rings. The molecule has 1 saturated heterocycles. The number of rotatable bonds is 7. The summed E-state index contributed by atoms with van der Waals surface area (Å²) in [4.78, 5) is 15.2. The Morgan fingerprint density at radius 1 is 1.03 bits per heavy atom. The molecule has 1 aromatic heterocycles. The van der Waals surface area contributed by atoms with E-state index in [1.807, 2.05) is 23.1 Å². The predicted molar refractivity (Wildman–Crippen MR) is 119 cm³/mol. The van der Waals surface area contributed by atoms with Crippen molar-refractivity contribution in [3.8, 4) is 11.5 Å². The van der Waals surface area contributed by atoms with Gasteiger partial charge in [0.25, 0.3) is 0 Å². The summed E-state index contributed by atoms with van der Waals surface area (Å²) in [6, 6.07) is 14.4. The summed E-state index contributed by atoms with van der Waals surface area (Å²) in [6.45, 7) is 4.76. The first-order chi connectivity index (χ1) is 14.6. The van der Waals surface area contributed by atoms with Crippen LogP contribution in [0.2, 0.25) is 0 Å². The van der Waals surface area contributed by atoms with Gasteiger partial charge in [-0.05, 0) is 49.1 Å². The quantitative estimate of drug-likeness (QED) is 0.565. The molecule has 1 aliphatic heterocycles. The van der Waals surface area contributed by atoms with Crippen molar-refractivity contribution in [2.45, 2.75) is 38.6 Å². The van der Waals surface area contributed by atoms with E-state index in [0.717, 1.165) is 49.5 Å². The second-order valence-electron chi connectivity index (χ2n) is 7.88. The van der Waals surface area contributed by atoms with Crippen LogP contribution in [0.1, 0.15) is 43.2 Å². The Bertz CT molecular complexity index is 1010. The molecule has 5 heteroatoms. The number of methoxy groups -OCH3 is 2. The van der Waals surface area contributed by atoms with E-state index in [1.165, 1.54) is 16.5 Å². The predicted octanol–water partition coefficient (Wildman–Crippen LogP) is 4.82. The van der Waals surface area contributed by atoms with Gasteiger partial charge in [-0.1, -0.05) is 18.2 Å². The molecule has 2 aromatic carbocycles. The molecule has 1 atom stereocenters. The summed E-state index contributed by atoms with van der Waals surface area (Å²) >= 11 is 0. The number of aromatic nitrogens is 1. The molecular formula is C25H30N2O3. The van der Waals surface area contributed by atoms with E-state index in [-0.39, 0.29) is 11.8 Å². The van der Waals surface area contributed by atoms with Gasteiger partial charge in [-0.25, -0.2) is 0 Å². The molecule has 158 valence electrons. The highest BCUT2D eigenvalue weighted by Crippen LogP contribution is 2.38. The summed E-state index contributed by atoms with van der Waals surface area (Å²) in [5.41, 5.74) is 3.41. The van der Waals surface area contributed by atoms with Gasteiger partial charge in [-0.2, -0.15) is 0 Å². The van der Waals surface area contributed by atoms with Gasteiger partial charge in [-0.3, -0.25) is 4.79 Å². The number of amides is 1. The molecule has 0 saturated carbocycles. The number of nitrogens with zero attached hydrogens (tertiary/aromatic N) is 2. The van der Waals surface area contributed by atoms with Crippen LogP contribution in [0.5, 0.6) is 11.5 Å². The molecule has 1 aliphatic rings. The van der Waals surface area contributed by atoms with E-state index in [2.05, 4.69) is 42.0 Å². The molecule has 3 aromatic rings. The third kappa shape index (κ3) is 3.89. The fourth-order valence-corrected chi connectivity index (χ4v) is 4.52. The normalized spacial score (nSPS) is 14.8. The first-order valence-electron chi connectivity index (χ1n) is 10.7. The molecule has 4 rings (SSSR count). The van der Waals surface area contributed by atoms with Crippen molar-refractivity contribution >= 4 is 16.8 Å². The minimum Gasteiger partial charge on any atom is -0.497 e. The van der Waals surface area contributed by atoms with Gasteiger partial charge in [0.05, 0.1) is 14.2 Å². The van der Waals surface area contributed by atoms with Crippen LogP contribution in [-0.4, -0.2) is 42.7 Å². The maximum Gasteiger partial charge on any atom is 0.223 e. The van der Waals surface area contributed by atoms with E-state index in [9.17, 15) is 4.79 Å². The molecule has 2 heterocycles. The molecule has 0 bridgehead atoms. The summed E-state index contributed by atoms with van der Waals surface area (Å²) in [5.74, 6) is 1.62. The first kappa shape index (κ1) is 20.3. The van der Waals surface area contributed by atoms with Crippen molar-refractivity contribution in [2.75, 3.05) is 27.3 Å². The molecule has 0 radical (unpaired) electrons. The maximum atomic E-state index is 13.2. The van der Waals surface area contributed by atoms with Crippen LogP contribution in [0, 0.1) is 0 Å².